The molecular weight excluding hydrogens is 323 g/mol. The van der Waals surface area contributed by atoms with Crippen LogP contribution < -0.4 is 10.6 Å². The molecule has 7 heteroatoms. The molecule has 0 fully saturated rings. The fraction of sp³-hybridized carbons (Fsp3) is 0.389. The van der Waals surface area contributed by atoms with E-state index in [2.05, 4.69) is 15.7 Å². The number of hydrogen-bond acceptors (Lipinski definition) is 3. The van der Waals surface area contributed by atoms with Gasteiger partial charge in [0.2, 0.25) is 5.91 Å². The first-order valence-electron chi connectivity index (χ1n) is 8.21. The summed E-state index contributed by atoms with van der Waals surface area (Å²) in [7, 11) is 0. The summed E-state index contributed by atoms with van der Waals surface area (Å²) in [6, 6.07) is 5.91. The van der Waals surface area contributed by atoms with Gasteiger partial charge >= 0.3 is 0 Å². The molecule has 6 nitrogen and oxygen atoms in total. The van der Waals surface area contributed by atoms with Crippen LogP contribution in [-0.4, -0.2) is 34.2 Å². The van der Waals surface area contributed by atoms with Gasteiger partial charge in [0, 0.05) is 6.04 Å². The lowest BCUT2D eigenvalue weighted by molar-refractivity contribution is -0.120. The van der Waals surface area contributed by atoms with Crippen LogP contribution in [0.1, 0.15) is 49.7 Å². The number of amides is 2. The highest BCUT2D eigenvalue weighted by Gasteiger charge is 2.21. The highest BCUT2D eigenvalue weighted by atomic mass is 19.1. The van der Waals surface area contributed by atoms with Gasteiger partial charge in [-0.15, -0.1) is 0 Å². The van der Waals surface area contributed by atoms with Crippen LogP contribution in [0.2, 0.25) is 0 Å². The fourth-order valence-electron chi connectivity index (χ4n) is 2.51. The van der Waals surface area contributed by atoms with Crippen LogP contribution in [0.4, 0.5) is 4.39 Å². The molecule has 134 valence electrons. The summed E-state index contributed by atoms with van der Waals surface area (Å²) in [5.74, 6) is -0.940. The van der Waals surface area contributed by atoms with Gasteiger partial charge in [-0.25, -0.2) is 9.07 Å². The number of benzene rings is 1. The molecule has 0 atom stereocenters. The van der Waals surface area contributed by atoms with Crippen molar-refractivity contribution in [3.05, 3.63) is 47.5 Å². The van der Waals surface area contributed by atoms with Crippen molar-refractivity contribution >= 4 is 11.8 Å². The summed E-state index contributed by atoms with van der Waals surface area (Å²) in [6.07, 6.45) is 1.47. The van der Waals surface area contributed by atoms with Crippen LogP contribution >= 0.6 is 0 Å². The summed E-state index contributed by atoms with van der Waals surface area (Å²) >= 11 is 0. The molecule has 2 amide bonds. The minimum atomic E-state index is -0.365. The molecule has 0 radical (unpaired) electrons. The first-order valence-corrected chi connectivity index (χ1v) is 8.21. The van der Waals surface area contributed by atoms with E-state index < -0.39 is 0 Å². The molecule has 25 heavy (non-hydrogen) atoms. The van der Waals surface area contributed by atoms with Gasteiger partial charge in [0.15, 0.2) is 0 Å². The molecule has 2 N–H and O–H groups in total. The van der Waals surface area contributed by atoms with Gasteiger partial charge in [-0.3, -0.25) is 9.59 Å². The average Bonchev–Trinajstić information content (AvgIpc) is 2.98. The molecule has 0 aliphatic rings. The third-order valence-corrected chi connectivity index (χ3v) is 3.53. The third kappa shape index (κ3) is 4.65. The number of carbonyl (C=O) groups is 2. The lowest BCUT2D eigenvalue weighted by Gasteiger charge is -2.13. The standard InChI is InChI=1S/C18H23FN4O2/c1-11(2)17-15(18(25)20-10-16(24)22-12(3)4)9-21-23(17)14-7-5-13(19)6-8-14/h5-9,11-12H,10H2,1-4H3,(H,20,25)(H,22,24). The molecule has 0 unspecified atom stereocenters. The van der Waals surface area contributed by atoms with E-state index in [0.29, 0.717) is 16.9 Å². The number of hydrogen-bond donors (Lipinski definition) is 2. The Labute approximate surface area is 146 Å². The normalized spacial score (nSPS) is 11.0. The fourth-order valence-corrected chi connectivity index (χ4v) is 2.51. The van der Waals surface area contributed by atoms with Crippen molar-refractivity contribution in [2.24, 2.45) is 0 Å². The Hall–Kier alpha value is -2.70. The summed E-state index contributed by atoms with van der Waals surface area (Å²) in [4.78, 5) is 24.1. The van der Waals surface area contributed by atoms with Crippen molar-refractivity contribution in [1.82, 2.24) is 20.4 Å². The molecule has 2 aromatic rings. The number of nitrogens with one attached hydrogen (secondary N) is 2. The predicted octanol–water partition coefficient (Wildman–Crippen LogP) is 2.39. The van der Waals surface area contributed by atoms with E-state index in [1.807, 2.05) is 27.7 Å². The van der Waals surface area contributed by atoms with Crippen molar-refractivity contribution < 1.29 is 14.0 Å². The summed E-state index contributed by atoms with van der Waals surface area (Å²) in [6.45, 7) is 7.49. The molecule has 1 heterocycles. The van der Waals surface area contributed by atoms with E-state index in [-0.39, 0.29) is 36.1 Å². The van der Waals surface area contributed by atoms with Crippen LogP contribution in [0, 0.1) is 5.82 Å². The van der Waals surface area contributed by atoms with Crippen LogP contribution in [0.5, 0.6) is 0 Å². The van der Waals surface area contributed by atoms with E-state index in [0.717, 1.165) is 0 Å². The maximum absolute atomic E-state index is 13.1. The zero-order chi connectivity index (χ0) is 18.6. The Morgan fingerprint density at radius 2 is 1.80 bits per heavy atom. The molecule has 1 aromatic heterocycles. The predicted molar refractivity (Wildman–Crippen MR) is 93.2 cm³/mol. The first kappa shape index (κ1) is 18.6. The SMILES string of the molecule is CC(C)NC(=O)CNC(=O)c1cnn(-c2ccc(F)cc2)c1C(C)C. The first-order chi connectivity index (χ1) is 11.8. The maximum atomic E-state index is 13.1. The highest BCUT2D eigenvalue weighted by molar-refractivity contribution is 5.97. The van der Waals surface area contributed by atoms with Crippen molar-refractivity contribution in [2.45, 2.75) is 39.7 Å². The molecule has 0 bridgehead atoms. The van der Waals surface area contributed by atoms with Gasteiger partial charge < -0.3 is 10.6 Å². The van der Waals surface area contributed by atoms with Crippen LogP contribution in [-0.2, 0) is 4.79 Å². The molecule has 2 rings (SSSR count). The van der Waals surface area contributed by atoms with Crippen molar-refractivity contribution in [3.8, 4) is 5.69 Å². The van der Waals surface area contributed by atoms with E-state index in [4.69, 9.17) is 0 Å². The summed E-state index contributed by atoms with van der Waals surface area (Å²) in [5.41, 5.74) is 1.77. The second-order valence-corrected chi connectivity index (χ2v) is 6.39. The van der Waals surface area contributed by atoms with Gasteiger partial charge in [-0.05, 0) is 44.0 Å². The zero-order valence-corrected chi connectivity index (χ0v) is 14.8. The monoisotopic (exact) mass is 346 g/mol. The molecule has 0 aliphatic heterocycles. The van der Waals surface area contributed by atoms with Gasteiger partial charge in [0.25, 0.3) is 5.91 Å². The van der Waals surface area contributed by atoms with Crippen molar-refractivity contribution in [3.63, 3.8) is 0 Å². The van der Waals surface area contributed by atoms with E-state index >= 15 is 0 Å². The Morgan fingerprint density at radius 1 is 1.16 bits per heavy atom. The largest absolute Gasteiger partial charge is 0.352 e. The smallest absolute Gasteiger partial charge is 0.255 e. The second-order valence-electron chi connectivity index (χ2n) is 6.39. The number of nitrogens with zero attached hydrogens (tertiary/aromatic N) is 2. The number of carbonyl (C=O) groups excluding carboxylic acids is 2. The minimum absolute atomic E-state index is 0.0110. The second kappa shape index (κ2) is 7.92. The number of rotatable bonds is 6. The topological polar surface area (TPSA) is 76.0 Å². The minimum Gasteiger partial charge on any atom is -0.352 e. The molecule has 0 spiro atoms. The van der Waals surface area contributed by atoms with Gasteiger partial charge in [0.1, 0.15) is 5.82 Å². The van der Waals surface area contributed by atoms with Gasteiger partial charge in [-0.1, -0.05) is 13.8 Å². The summed E-state index contributed by atoms with van der Waals surface area (Å²) in [5, 5.41) is 9.59. The Bertz CT molecular complexity index is 751. The van der Waals surface area contributed by atoms with Crippen LogP contribution in [0.3, 0.4) is 0 Å². The zero-order valence-electron chi connectivity index (χ0n) is 14.8. The maximum Gasteiger partial charge on any atom is 0.255 e. The molecular formula is C18H23FN4O2. The van der Waals surface area contributed by atoms with Gasteiger partial charge in [-0.2, -0.15) is 5.10 Å². The molecule has 0 aliphatic carbocycles. The van der Waals surface area contributed by atoms with Crippen LogP contribution in [0.15, 0.2) is 30.5 Å². The van der Waals surface area contributed by atoms with Crippen molar-refractivity contribution in [1.29, 1.82) is 0 Å². The molecule has 0 saturated carbocycles. The quantitative estimate of drug-likeness (QED) is 0.843. The lowest BCUT2D eigenvalue weighted by Crippen LogP contribution is -2.40. The van der Waals surface area contributed by atoms with Crippen LogP contribution in [0.25, 0.3) is 5.69 Å². The molecule has 1 aromatic carbocycles. The lowest BCUT2D eigenvalue weighted by atomic mass is 10.0. The Balaban J connectivity index is 2.22. The highest BCUT2D eigenvalue weighted by Crippen LogP contribution is 2.23. The Morgan fingerprint density at radius 3 is 2.36 bits per heavy atom. The summed E-state index contributed by atoms with van der Waals surface area (Å²) < 4.78 is 14.7. The Kier molecular flexibility index (Phi) is 5.90. The number of halogens is 1. The third-order valence-electron chi connectivity index (χ3n) is 3.53. The van der Waals surface area contributed by atoms with E-state index in [1.165, 1.54) is 18.3 Å². The van der Waals surface area contributed by atoms with Crippen molar-refractivity contribution in [2.75, 3.05) is 6.54 Å². The van der Waals surface area contributed by atoms with Gasteiger partial charge in [0.05, 0.1) is 29.7 Å². The van der Waals surface area contributed by atoms with E-state index in [9.17, 15) is 14.0 Å². The molecule has 0 saturated heterocycles. The number of aromatic nitrogens is 2. The average molecular weight is 346 g/mol. The van der Waals surface area contributed by atoms with E-state index in [1.54, 1.807) is 16.8 Å².